The summed E-state index contributed by atoms with van der Waals surface area (Å²) in [5, 5.41) is 0. The van der Waals surface area contributed by atoms with E-state index in [1.807, 2.05) is 68.4 Å². The predicted molar refractivity (Wildman–Crippen MR) is 94.8 cm³/mol. The second-order valence-electron chi connectivity index (χ2n) is 5.93. The number of rotatable bonds is 4. The number of hydrogen-bond donors (Lipinski definition) is 0. The molecule has 0 saturated heterocycles. The quantitative estimate of drug-likeness (QED) is 0.868. The van der Waals surface area contributed by atoms with Gasteiger partial charge in [-0.25, -0.2) is 4.90 Å². The summed E-state index contributed by atoms with van der Waals surface area (Å²) in [7, 11) is 0. The van der Waals surface area contributed by atoms with Crippen LogP contribution in [0.5, 0.6) is 0 Å². The van der Waals surface area contributed by atoms with Crippen LogP contribution in [0, 0.1) is 0 Å². The minimum absolute atomic E-state index is 0.189. The topological polar surface area (TPSA) is 40.6 Å². The minimum atomic E-state index is -0.951. The van der Waals surface area contributed by atoms with Gasteiger partial charge in [0.25, 0.3) is 5.91 Å². The van der Waals surface area contributed by atoms with E-state index in [0.717, 1.165) is 11.1 Å². The number of benzene rings is 2. The zero-order valence-corrected chi connectivity index (χ0v) is 14.3. The number of imide groups is 1. The molecule has 3 rings (SSSR count). The van der Waals surface area contributed by atoms with Crippen LogP contribution in [0.3, 0.4) is 0 Å². The number of amides is 2. The Labute approximate surface area is 142 Å². The SMILES string of the molecule is CCN(CC)C1(c2ccccc2)C(=O)N(C(C)=O)c2ccccc21. The number of fused-ring (bicyclic) bond motifs is 1. The van der Waals surface area contributed by atoms with Crippen molar-refractivity contribution in [2.24, 2.45) is 0 Å². The number of carbonyl (C=O) groups excluding carboxylic acids is 2. The highest BCUT2D eigenvalue weighted by atomic mass is 16.2. The van der Waals surface area contributed by atoms with E-state index >= 15 is 0 Å². The molecule has 0 aromatic heterocycles. The molecule has 0 saturated carbocycles. The van der Waals surface area contributed by atoms with Crippen LogP contribution in [0.2, 0.25) is 0 Å². The van der Waals surface area contributed by atoms with Gasteiger partial charge in [-0.05, 0) is 24.7 Å². The lowest BCUT2D eigenvalue weighted by atomic mass is 9.82. The molecule has 24 heavy (non-hydrogen) atoms. The maximum atomic E-state index is 13.5. The molecule has 0 spiro atoms. The number of hydrogen-bond acceptors (Lipinski definition) is 3. The first kappa shape index (κ1) is 16.4. The monoisotopic (exact) mass is 322 g/mol. The van der Waals surface area contributed by atoms with Gasteiger partial charge in [0, 0.05) is 12.5 Å². The lowest BCUT2D eigenvalue weighted by Crippen LogP contribution is -2.54. The molecule has 2 aromatic rings. The van der Waals surface area contributed by atoms with Gasteiger partial charge in [-0.15, -0.1) is 0 Å². The maximum absolute atomic E-state index is 13.5. The van der Waals surface area contributed by atoms with Crippen LogP contribution in [0.1, 0.15) is 31.9 Å². The van der Waals surface area contributed by atoms with Crippen LogP contribution in [0.25, 0.3) is 0 Å². The summed E-state index contributed by atoms with van der Waals surface area (Å²) in [5.74, 6) is -0.441. The Morgan fingerprint density at radius 2 is 1.58 bits per heavy atom. The third kappa shape index (κ3) is 2.10. The Morgan fingerprint density at radius 3 is 2.17 bits per heavy atom. The fourth-order valence-electron chi connectivity index (χ4n) is 3.82. The first-order chi connectivity index (χ1) is 11.6. The summed E-state index contributed by atoms with van der Waals surface area (Å²) < 4.78 is 0. The summed E-state index contributed by atoms with van der Waals surface area (Å²) in [6.45, 7) is 6.94. The van der Waals surface area contributed by atoms with Crippen molar-refractivity contribution < 1.29 is 9.59 Å². The van der Waals surface area contributed by atoms with E-state index in [1.165, 1.54) is 11.8 Å². The van der Waals surface area contributed by atoms with Crippen LogP contribution >= 0.6 is 0 Å². The zero-order valence-electron chi connectivity index (χ0n) is 14.3. The second kappa shape index (κ2) is 6.21. The number of anilines is 1. The molecular formula is C20H22N2O2. The van der Waals surface area contributed by atoms with Crippen molar-refractivity contribution in [2.75, 3.05) is 18.0 Å². The smallest absolute Gasteiger partial charge is 0.263 e. The molecule has 0 bridgehead atoms. The lowest BCUT2D eigenvalue weighted by Gasteiger charge is -2.39. The molecule has 4 heteroatoms. The molecule has 1 heterocycles. The molecule has 0 N–H and O–H groups in total. The molecule has 1 atom stereocenters. The Kier molecular flexibility index (Phi) is 4.24. The van der Waals surface area contributed by atoms with Gasteiger partial charge in [0.1, 0.15) is 0 Å². The number of para-hydroxylation sites is 1. The predicted octanol–water partition coefficient (Wildman–Crippen LogP) is 3.17. The average molecular weight is 322 g/mol. The molecule has 0 aliphatic carbocycles. The molecule has 1 unspecified atom stereocenters. The second-order valence-corrected chi connectivity index (χ2v) is 5.93. The Balaban J connectivity index is 2.37. The molecule has 4 nitrogen and oxygen atoms in total. The molecule has 124 valence electrons. The number of carbonyl (C=O) groups is 2. The molecule has 0 fully saturated rings. The normalized spacial score (nSPS) is 19.7. The van der Waals surface area contributed by atoms with E-state index < -0.39 is 5.54 Å². The van der Waals surface area contributed by atoms with E-state index in [9.17, 15) is 9.59 Å². The van der Waals surface area contributed by atoms with Crippen LogP contribution < -0.4 is 4.90 Å². The van der Waals surface area contributed by atoms with Crippen LogP contribution in [-0.4, -0.2) is 29.8 Å². The molecule has 1 aliphatic heterocycles. The molecule has 2 amide bonds. The lowest BCUT2D eigenvalue weighted by molar-refractivity contribution is -0.131. The highest BCUT2D eigenvalue weighted by Gasteiger charge is 2.56. The van der Waals surface area contributed by atoms with Crippen molar-refractivity contribution in [1.82, 2.24) is 4.90 Å². The van der Waals surface area contributed by atoms with Gasteiger partial charge in [-0.3, -0.25) is 14.5 Å². The summed E-state index contributed by atoms with van der Waals surface area (Å²) in [6.07, 6.45) is 0. The molecule has 1 aliphatic rings. The molecule has 0 radical (unpaired) electrons. The van der Waals surface area contributed by atoms with Crippen LogP contribution in [-0.2, 0) is 15.1 Å². The largest absolute Gasteiger partial charge is 0.282 e. The van der Waals surface area contributed by atoms with Crippen LogP contribution in [0.4, 0.5) is 5.69 Å². The average Bonchev–Trinajstić information content (AvgIpc) is 2.87. The van der Waals surface area contributed by atoms with Gasteiger partial charge in [-0.2, -0.15) is 0 Å². The summed E-state index contributed by atoms with van der Waals surface area (Å²) in [5.41, 5.74) is 1.51. The van der Waals surface area contributed by atoms with Crippen molar-refractivity contribution in [3.05, 3.63) is 65.7 Å². The van der Waals surface area contributed by atoms with Crippen molar-refractivity contribution in [2.45, 2.75) is 26.3 Å². The van der Waals surface area contributed by atoms with E-state index in [2.05, 4.69) is 4.90 Å². The van der Waals surface area contributed by atoms with Crippen LogP contribution in [0.15, 0.2) is 54.6 Å². The highest BCUT2D eigenvalue weighted by Crippen LogP contribution is 2.48. The summed E-state index contributed by atoms with van der Waals surface area (Å²) in [4.78, 5) is 29.2. The maximum Gasteiger partial charge on any atom is 0.263 e. The minimum Gasteiger partial charge on any atom is -0.282 e. The Morgan fingerprint density at radius 1 is 1.00 bits per heavy atom. The highest BCUT2D eigenvalue weighted by molar-refractivity contribution is 6.23. The third-order valence-electron chi connectivity index (χ3n) is 4.79. The Bertz CT molecular complexity index is 768. The van der Waals surface area contributed by atoms with Crippen molar-refractivity contribution in [1.29, 1.82) is 0 Å². The van der Waals surface area contributed by atoms with E-state index in [1.54, 1.807) is 0 Å². The van der Waals surface area contributed by atoms with Gasteiger partial charge in [0.05, 0.1) is 5.69 Å². The van der Waals surface area contributed by atoms with E-state index in [0.29, 0.717) is 18.8 Å². The standard InChI is InChI=1S/C20H22N2O2/c1-4-21(5-2)20(16-11-7-6-8-12-16)17-13-9-10-14-18(17)22(15(3)23)19(20)24/h6-14H,4-5H2,1-3H3. The molecule has 2 aromatic carbocycles. The van der Waals surface area contributed by atoms with Gasteiger partial charge in [0.15, 0.2) is 5.54 Å². The fraction of sp³-hybridized carbons (Fsp3) is 0.300. The first-order valence-electron chi connectivity index (χ1n) is 8.34. The zero-order chi connectivity index (χ0) is 17.3. The summed E-state index contributed by atoms with van der Waals surface area (Å²) >= 11 is 0. The van der Waals surface area contributed by atoms with Crippen molar-refractivity contribution in [3.8, 4) is 0 Å². The van der Waals surface area contributed by atoms with Crippen molar-refractivity contribution in [3.63, 3.8) is 0 Å². The van der Waals surface area contributed by atoms with Gasteiger partial charge in [0.2, 0.25) is 5.91 Å². The van der Waals surface area contributed by atoms with Gasteiger partial charge < -0.3 is 0 Å². The Hall–Kier alpha value is -2.46. The number of likely N-dealkylation sites (N-methyl/N-ethyl adjacent to an activating group) is 1. The van der Waals surface area contributed by atoms with E-state index in [-0.39, 0.29) is 11.8 Å². The van der Waals surface area contributed by atoms with Gasteiger partial charge in [-0.1, -0.05) is 62.4 Å². The van der Waals surface area contributed by atoms with E-state index in [4.69, 9.17) is 0 Å². The third-order valence-corrected chi connectivity index (χ3v) is 4.79. The summed E-state index contributed by atoms with van der Waals surface area (Å²) in [6, 6.07) is 17.4. The molecular weight excluding hydrogens is 300 g/mol. The van der Waals surface area contributed by atoms with Crippen molar-refractivity contribution >= 4 is 17.5 Å². The fourth-order valence-corrected chi connectivity index (χ4v) is 3.82. The first-order valence-corrected chi connectivity index (χ1v) is 8.34. The van der Waals surface area contributed by atoms with Gasteiger partial charge >= 0.3 is 0 Å². The number of nitrogens with zero attached hydrogens (tertiary/aromatic N) is 2.